The summed E-state index contributed by atoms with van der Waals surface area (Å²) in [7, 11) is 0. The Kier molecular flexibility index (Phi) is 10.6. The van der Waals surface area contributed by atoms with E-state index in [1.165, 1.54) is 6.42 Å². The average molecular weight is 361 g/mol. The van der Waals surface area contributed by atoms with Gasteiger partial charge in [-0.1, -0.05) is 28.3 Å². The largest absolute Gasteiger partial charge is 0.465 e. The molecule has 4 nitrogen and oxygen atoms in total. The number of esters is 1. The number of hydrogen-bond acceptors (Lipinski definition) is 4. The quantitative estimate of drug-likeness (QED) is 0.288. The minimum absolute atomic E-state index is 0.0632. The summed E-state index contributed by atoms with van der Waals surface area (Å²) in [4.78, 5) is 11.2. The van der Waals surface area contributed by atoms with Crippen LogP contribution in [0.5, 0.6) is 0 Å². The van der Waals surface area contributed by atoms with Crippen molar-refractivity contribution < 1.29 is 19.0 Å². The molecule has 1 aliphatic heterocycles. The third kappa shape index (κ3) is 9.13. The zero-order valence-corrected chi connectivity index (χ0v) is 14.3. The van der Waals surface area contributed by atoms with E-state index in [2.05, 4.69) is 27.8 Å². The van der Waals surface area contributed by atoms with E-state index >= 15 is 0 Å². The Morgan fingerprint density at radius 1 is 1.38 bits per heavy atom. The zero-order valence-electron chi connectivity index (χ0n) is 12.7. The fourth-order valence-electron chi connectivity index (χ4n) is 2.00. The second kappa shape index (κ2) is 12.0. The van der Waals surface area contributed by atoms with Crippen LogP contribution >= 0.6 is 15.9 Å². The number of hydrogen-bond donors (Lipinski definition) is 0. The molecule has 1 rings (SSSR count). The predicted octanol–water partition coefficient (Wildman–Crippen LogP) is 3.42. The molecule has 0 aromatic rings. The topological polar surface area (TPSA) is 44.8 Å². The van der Waals surface area contributed by atoms with E-state index in [1.54, 1.807) is 0 Å². The van der Waals surface area contributed by atoms with E-state index in [0.717, 1.165) is 45.1 Å². The smallest absolute Gasteiger partial charge is 0.319 e. The van der Waals surface area contributed by atoms with Crippen LogP contribution in [0.3, 0.4) is 0 Å². The van der Waals surface area contributed by atoms with Gasteiger partial charge >= 0.3 is 5.97 Å². The molecule has 1 saturated heterocycles. The number of ether oxygens (including phenoxy) is 3. The Labute approximate surface area is 136 Å². The first-order chi connectivity index (χ1) is 10.2. The Bertz CT molecular complexity index is 342. The standard InChI is InChI=1S/C16H25BrO4/c1-2-19-16(18)14(17)10-6-4-3-5-8-12-20-15-11-7-9-13-21-15/h14-15H,2-4,6-7,9-13H2,1H3. The summed E-state index contributed by atoms with van der Waals surface area (Å²) in [6, 6.07) is 0. The lowest BCUT2D eigenvalue weighted by molar-refractivity contribution is -0.154. The summed E-state index contributed by atoms with van der Waals surface area (Å²) >= 11 is 3.34. The zero-order chi connectivity index (χ0) is 15.3. The van der Waals surface area contributed by atoms with Crippen LogP contribution in [-0.4, -0.2) is 36.9 Å². The Morgan fingerprint density at radius 3 is 2.95 bits per heavy atom. The van der Waals surface area contributed by atoms with Crippen molar-refractivity contribution >= 4 is 21.9 Å². The normalized spacial score (nSPS) is 19.4. The molecule has 2 unspecified atom stereocenters. The molecule has 1 fully saturated rings. The maximum atomic E-state index is 11.4. The lowest BCUT2D eigenvalue weighted by Crippen LogP contribution is -2.22. The minimum Gasteiger partial charge on any atom is -0.465 e. The van der Waals surface area contributed by atoms with Gasteiger partial charge in [-0.25, -0.2) is 0 Å². The van der Waals surface area contributed by atoms with Crippen molar-refractivity contribution in [2.24, 2.45) is 0 Å². The Morgan fingerprint density at radius 2 is 2.24 bits per heavy atom. The highest BCUT2D eigenvalue weighted by Gasteiger charge is 2.14. The molecule has 5 heteroatoms. The molecule has 0 amide bonds. The van der Waals surface area contributed by atoms with Crippen LogP contribution in [0.15, 0.2) is 0 Å². The van der Waals surface area contributed by atoms with Crippen LogP contribution in [0.25, 0.3) is 0 Å². The van der Waals surface area contributed by atoms with Crippen molar-refractivity contribution in [2.75, 3.05) is 19.8 Å². The van der Waals surface area contributed by atoms with Crippen molar-refractivity contribution in [1.82, 2.24) is 0 Å². The molecule has 0 aromatic carbocycles. The number of alkyl halides is 1. The van der Waals surface area contributed by atoms with Gasteiger partial charge in [0.2, 0.25) is 0 Å². The van der Waals surface area contributed by atoms with Gasteiger partial charge in [0.15, 0.2) is 6.29 Å². The van der Waals surface area contributed by atoms with Crippen molar-refractivity contribution in [3.05, 3.63) is 0 Å². The fourth-order valence-corrected chi connectivity index (χ4v) is 2.46. The van der Waals surface area contributed by atoms with Gasteiger partial charge in [-0.15, -0.1) is 5.92 Å². The Balaban J connectivity index is 1.96. The molecule has 1 aliphatic rings. The monoisotopic (exact) mass is 360 g/mol. The number of carbonyl (C=O) groups excluding carboxylic acids is 1. The molecule has 0 bridgehead atoms. The third-order valence-corrected chi connectivity index (χ3v) is 3.99. The lowest BCUT2D eigenvalue weighted by atomic mass is 10.1. The van der Waals surface area contributed by atoms with Gasteiger partial charge in [-0.3, -0.25) is 4.79 Å². The van der Waals surface area contributed by atoms with Crippen LogP contribution in [-0.2, 0) is 19.0 Å². The minimum atomic E-state index is -0.197. The molecule has 0 aliphatic carbocycles. The molecule has 2 atom stereocenters. The summed E-state index contributed by atoms with van der Waals surface area (Å²) in [5.41, 5.74) is 0. The molecule has 0 radical (unpaired) electrons. The fraction of sp³-hybridized carbons (Fsp3) is 0.812. The van der Waals surface area contributed by atoms with E-state index in [1.807, 2.05) is 6.92 Å². The van der Waals surface area contributed by atoms with Crippen LogP contribution in [0.2, 0.25) is 0 Å². The van der Waals surface area contributed by atoms with Gasteiger partial charge < -0.3 is 14.2 Å². The summed E-state index contributed by atoms with van der Waals surface area (Å²) in [6.45, 7) is 3.48. The Hall–Kier alpha value is -0.570. The summed E-state index contributed by atoms with van der Waals surface area (Å²) in [5, 5.41) is 0. The first-order valence-corrected chi connectivity index (χ1v) is 8.65. The summed E-state index contributed by atoms with van der Waals surface area (Å²) in [6.07, 6.45) is 6.77. The highest BCUT2D eigenvalue weighted by molar-refractivity contribution is 9.10. The molecule has 0 saturated carbocycles. The summed E-state index contributed by atoms with van der Waals surface area (Å²) in [5.74, 6) is 5.92. The average Bonchev–Trinajstić information content (AvgIpc) is 2.51. The van der Waals surface area contributed by atoms with Gasteiger partial charge in [0.1, 0.15) is 11.4 Å². The maximum absolute atomic E-state index is 11.4. The second-order valence-corrected chi connectivity index (χ2v) is 6.03. The molecular formula is C16H25BrO4. The van der Waals surface area contributed by atoms with E-state index < -0.39 is 0 Å². The molecular weight excluding hydrogens is 336 g/mol. The first-order valence-electron chi connectivity index (χ1n) is 7.73. The van der Waals surface area contributed by atoms with Gasteiger partial charge in [-0.2, -0.15) is 0 Å². The summed E-state index contributed by atoms with van der Waals surface area (Å²) < 4.78 is 15.9. The van der Waals surface area contributed by atoms with E-state index in [9.17, 15) is 4.79 Å². The highest BCUT2D eigenvalue weighted by atomic mass is 79.9. The van der Waals surface area contributed by atoms with Gasteiger partial charge in [0, 0.05) is 13.0 Å². The SMILES string of the molecule is CCOC(=O)C(Br)CCCCC#CCOC1CCCCO1. The second-order valence-electron chi connectivity index (χ2n) is 4.93. The lowest BCUT2D eigenvalue weighted by Gasteiger charge is -2.21. The van der Waals surface area contributed by atoms with E-state index in [4.69, 9.17) is 14.2 Å². The first kappa shape index (κ1) is 18.5. The van der Waals surface area contributed by atoms with E-state index in [0.29, 0.717) is 13.2 Å². The van der Waals surface area contributed by atoms with Crippen LogP contribution in [0, 0.1) is 11.8 Å². The van der Waals surface area contributed by atoms with Gasteiger partial charge in [0.25, 0.3) is 0 Å². The molecule has 0 N–H and O–H groups in total. The molecule has 0 aromatic heterocycles. The van der Waals surface area contributed by atoms with E-state index in [-0.39, 0.29) is 17.1 Å². The van der Waals surface area contributed by atoms with Crippen molar-refractivity contribution in [1.29, 1.82) is 0 Å². The molecule has 0 spiro atoms. The van der Waals surface area contributed by atoms with Crippen molar-refractivity contribution in [3.63, 3.8) is 0 Å². The van der Waals surface area contributed by atoms with Crippen molar-refractivity contribution in [3.8, 4) is 11.8 Å². The molecule has 21 heavy (non-hydrogen) atoms. The van der Waals surface area contributed by atoms with Crippen LogP contribution in [0.1, 0.15) is 51.9 Å². The van der Waals surface area contributed by atoms with Crippen LogP contribution < -0.4 is 0 Å². The third-order valence-electron chi connectivity index (χ3n) is 3.16. The number of rotatable bonds is 8. The van der Waals surface area contributed by atoms with Gasteiger partial charge in [0.05, 0.1) is 6.61 Å². The highest BCUT2D eigenvalue weighted by Crippen LogP contribution is 2.13. The van der Waals surface area contributed by atoms with Crippen molar-refractivity contribution in [2.45, 2.75) is 63.0 Å². The van der Waals surface area contributed by atoms with Gasteiger partial charge in [-0.05, 0) is 39.0 Å². The number of carbonyl (C=O) groups is 1. The predicted molar refractivity (Wildman–Crippen MR) is 85.1 cm³/mol. The number of unbranched alkanes of at least 4 members (excludes halogenated alkanes) is 2. The molecule has 120 valence electrons. The molecule has 1 heterocycles. The maximum Gasteiger partial charge on any atom is 0.319 e. The van der Waals surface area contributed by atoms with Crippen LogP contribution in [0.4, 0.5) is 0 Å². The number of halogens is 1.